The maximum absolute atomic E-state index is 6.41. The van der Waals surface area contributed by atoms with Crippen LogP contribution in [0.2, 0.25) is 18.1 Å². The highest BCUT2D eigenvalue weighted by atomic mass is 28.4. The SMILES string of the molecule is CC1(C)O[C@@H]2[C@H](O1)C(CCO[Si](C)(C)C(C)(C)C)=C[C@H]2n1ncc2c(N)ncnc21. The Morgan fingerprint density at radius 2 is 1.97 bits per heavy atom. The fourth-order valence-corrected chi connectivity index (χ4v) is 4.95. The zero-order valence-electron chi connectivity index (χ0n) is 19.0. The number of ether oxygens (including phenoxy) is 2. The van der Waals surface area contributed by atoms with Gasteiger partial charge in [-0.2, -0.15) is 5.10 Å². The van der Waals surface area contributed by atoms with Gasteiger partial charge in [0.2, 0.25) is 0 Å². The summed E-state index contributed by atoms with van der Waals surface area (Å²) in [5, 5.41) is 5.49. The van der Waals surface area contributed by atoms with E-state index in [2.05, 4.69) is 55.0 Å². The molecule has 1 fully saturated rings. The Bertz CT molecular complexity index is 979. The van der Waals surface area contributed by atoms with Gasteiger partial charge >= 0.3 is 0 Å². The molecule has 0 aromatic carbocycles. The van der Waals surface area contributed by atoms with Gasteiger partial charge in [0, 0.05) is 6.61 Å². The Balaban J connectivity index is 1.60. The molecule has 0 unspecified atom stereocenters. The van der Waals surface area contributed by atoms with Gasteiger partial charge < -0.3 is 19.6 Å². The topological polar surface area (TPSA) is 97.3 Å². The summed E-state index contributed by atoms with van der Waals surface area (Å²) in [4.78, 5) is 8.47. The Labute approximate surface area is 178 Å². The standard InChI is InChI=1S/C21H33N5O3Si/c1-20(2,3)30(6,7)27-9-8-13-10-15(17-16(13)28-21(4,5)29-17)26-19-14(11-25-26)18(22)23-12-24-19/h10-12,15-17H,8-9H2,1-7H3,(H2,22,23,24)/t15-,16-,17+/m1/s1. The minimum absolute atomic E-state index is 0.119. The fourth-order valence-electron chi connectivity index (χ4n) is 3.91. The maximum Gasteiger partial charge on any atom is 0.191 e. The van der Waals surface area contributed by atoms with Gasteiger partial charge in [-0.05, 0) is 44.0 Å². The Morgan fingerprint density at radius 1 is 1.23 bits per heavy atom. The minimum atomic E-state index is -1.80. The molecular formula is C21H33N5O3Si. The van der Waals surface area contributed by atoms with E-state index in [0.717, 1.165) is 11.8 Å². The van der Waals surface area contributed by atoms with E-state index in [9.17, 15) is 0 Å². The van der Waals surface area contributed by atoms with Crippen molar-refractivity contribution in [2.75, 3.05) is 12.3 Å². The summed E-state index contributed by atoms with van der Waals surface area (Å²) in [6, 6.07) is -0.119. The number of fused-ring (bicyclic) bond motifs is 2. The molecule has 0 spiro atoms. The zero-order chi connectivity index (χ0) is 21.9. The zero-order valence-corrected chi connectivity index (χ0v) is 20.0. The second kappa shape index (κ2) is 7.12. The predicted octanol–water partition coefficient (Wildman–Crippen LogP) is 3.82. The van der Waals surface area contributed by atoms with Crippen LogP contribution in [-0.4, -0.2) is 52.7 Å². The van der Waals surface area contributed by atoms with Crippen molar-refractivity contribution in [1.29, 1.82) is 0 Å². The van der Waals surface area contributed by atoms with Crippen molar-refractivity contribution in [3.05, 3.63) is 24.2 Å². The average Bonchev–Trinajstić information content (AvgIpc) is 3.26. The number of nitrogen functional groups attached to an aromatic ring is 1. The summed E-state index contributed by atoms with van der Waals surface area (Å²) in [5.41, 5.74) is 7.90. The van der Waals surface area contributed by atoms with E-state index in [-0.39, 0.29) is 23.3 Å². The molecule has 3 atom stereocenters. The van der Waals surface area contributed by atoms with Gasteiger partial charge in [-0.1, -0.05) is 26.8 Å². The Morgan fingerprint density at radius 3 is 2.67 bits per heavy atom. The molecular weight excluding hydrogens is 398 g/mol. The van der Waals surface area contributed by atoms with Crippen molar-refractivity contribution in [3.8, 4) is 0 Å². The van der Waals surface area contributed by atoms with Crippen molar-refractivity contribution < 1.29 is 13.9 Å². The lowest BCUT2D eigenvalue weighted by Crippen LogP contribution is -2.41. The monoisotopic (exact) mass is 431 g/mol. The highest BCUT2D eigenvalue weighted by molar-refractivity contribution is 6.74. The van der Waals surface area contributed by atoms with Gasteiger partial charge in [-0.25, -0.2) is 14.6 Å². The second-order valence-electron chi connectivity index (χ2n) is 10.2. The predicted molar refractivity (Wildman–Crippen MR) is 118 cm³/mol. The molecule has 164 valence electrons. The highest BCUT2D eigenvalue weighted by Crippen LogP contribution is 2.45. The van der Waals surface area contributed by atoms with E-state index in [0.29, 0.717) is 18.1 Å². The lowest BCUT2D eigenvalue weighted by Gasteiger charge is -2.36. The molecule has 0 bridgehead atoms. The number of aromatic nitrogens is 4. The summed E-state index contributed by atoms with van der Waals surface area (Å²) in [7, 11) is -1.80. The number of anilines is 1. The summed E-state index contributed by atoms with van der Waals surface area (Å²) in [6.07, 6.45) is 5.90. The average molecular weight is 432 g/mol. The molecule has 2 N–H and O–H groups in total. The summed E-state index contributed by atoms with van der Waals surface area (Å²) in [5.74, 6) is -0.221. The number of hydrogen-bond donors (Lipinski definition) is 1. The van der Waals surface area contributed by atoms with Crippen LogP contribution in [0.4, 0.5) is 5.82 Å². The van der Waals surface area contributed by atoms with Crippen LogP contribution in [0.25, 0.3) is 11.0 Å². The molecule has 2 aromatic rings. The normalized spacial score (nSPS) is 26.2. The van der Waals surface area contributed by atoms with E-state index < -0.39 is 14.1 Å². The summed E-state index contributed by atoms with van der Waals surface area (Å²) in [6.45, 7) is 15.9. The van der Waals surface area contributed by atoms with Gasteiger partial charge in [0.25, 0.3) is 0 Å². The van der Waals surface area contributed by atoms with Crippen LogP contribution in [0, 0.1) is 0 Å². The first-order chi connectivity index (χ1) is 13.9. The first-order valence-corrected chi connectivity index (χ1v) is 13.4. The molecule has 1 saturated heterocycles. The van der Waals surface area contributed by atoms with Crippen molar-refractivity contribution in [1.82, 2.24) is 19.7 Å². The van der Waals surface area contributed by atoms with Crippen LogP contribution in [-0.2, 0) is 13.9 Å². The molecule has 0 saturated carbocycles. The van der Waals surface area contributed by atoms with Crippen LogP contribution in [0.3, 0.4) is 0 Å². The molecule has 4 rings (SSSR count). The smallest absolute Gasteiger partial charge is 0.191 e. The van der Waals surface area contributed by atoms with E-state index in [1.165, 1.54) is 11.9 Å². The largest absolute Gasteiger partial charge is 0.417 e. The third kappa shape index (κ3) is 3.68. The molecule has 3 heterocycles. The van der Waals surface area contributed by atoms with E-state index in [1.807, 2.05) is 18.5 Å². The lowest BCUT2D eigenvalue weighted by molar-refractivity contribution is -0.148. The Kier molecular flexibility index (Phi) is 5.08. The highest BCUT2D eigenvalue weighted by Gasteiger charge is 2.51. The van der Waals surface area contributed by atoms with Crippen LogP contribution in [0.1, 0.15) is 47.1 Å². The number of hydrogen-bond acceptors (Lipinski definition) is 7. The molecule has 30 heavy (non-hydrogen) atoms. The molecule has 8 nitrogen and oxygen atoms in total. The van der Waals surface area contributed by atoms with E-state index in [1.54, 1.807) is 6.20 Å². The molecule has 1 aliphatic heterocycles. The van der Waals surface area contributed by atoms with Crippen LogP contribution in [0.5, 0.6) is 0 Å². The van der Waals surface area contributed by atoms with Crippen molar-refractivity contribution in [2.45, 2.75) is 83.2 Å². The van der Waals surface area contributed by atoms with Crippen LogP contribution in [0.15, 0.2) is 24.2 Å². The molecule has 0 amide bonds. The second-order valence-corrected chi connectivity index (χ2v) is 15.0. The van der Waals surface area contributed by atoms with Gasteiger partial charge in [-0.3, -0.25) is 0 Å². The van der Waals surface area contributed by atoms with Crippen molar-refractivity contribution >= 4 is 25.2 Å². The van der Waals surface area contributed by atoms with Crippen LogP contribution < -0.4 is 5.73 Å². The summed E-state index contributed by atoms with van der Waals surface area (Å²) < 4.78 is 20.8. The van der Waals surface area contributed by atoms with Crippen molar-refractivity contribution in [3.63, 3.8) is 0 Å². The lowest BCUT2D eigenvalue weighted by atomic mass is 10.1. The molecule has 2 aliphatic rings. The third-order valence-corrected chi connectivity index (χ3v) is 11.1. The third-order valence-electron chi connectivity index (χ3n) is 6.58. The van der Waals surface area contributed by atoms with Crippen molar-refractivity contribution in [2.24, 2.45) is 0 Å². The first-order valence-electron chi connectivity index (χ1n) is 10.5. The Hall–Kier alpha value is -1.81. The number of nitrogens with two attached hydrogens (primary N) is 1. The van der Waals surface area contributed by atoms with Gasteiger partial charge in [0.1, 0.15) is 30.4 Å². The number of rotatable bonds is 5. The van der Waals surface area contributed by atoms with E-state index in [4.69, 9.17) is 19.6 Å². The van der Waals surface area contributed by atoms with Gasteiger partial charge in [0.05, 0.1) is 11.6 Å². The molecule has 2 aromatic heterocycles. The fraction of sp³-hybridized carbons (Fsp3) is 0.667. The first kappa shape index (κ1) is 21.4. The van der Waals surface area contributed by atoms with E-state index >= 15 is 0 Å². The number of nitrogens with zero attached hydrogens (tertiary/aromatic N) is 4. The molecule has 0 radical (unpaired) electrons. The molecule has 9 heteroatoms. The van der Waals surface area contributed by atoms with Gasteiger partial charge in [0.15, 0.2) is 19.8 Å². The molecule has 1 aliphatic carbocycles. The van der Waals surface area contributed by atoms with Crippen LogP contribution >= 0.6 is 0 Å². The van der Waals surface area contributed by atoms with Gasteiger partial charge in [-0.15, -0.1) is 0 Å². The summed E-state index contributed by atoms with van der Waals surface area (Å²) >= 11 is 0. The maximum atomic E-state index is 6.41. The minimum Gasteiger partial charge on any atom is -0.417 e. The quantitative estimate of drug-likeness (QED) is 0.568.